The van der Waals surface area contributed by atoms with E-state index >= 15 is 0 Å². The Bertz CT molecular complexity index is 1290. The second-order valence-electron chi connectivity index (χ2n) is 9.10. The van der Waals surface area contributed by atoms with Crippen LogP contribution in [0.2, 0.25) is 0 Å². The average molecular weight is 540 g/mol. The molecule has 1 N–H and O–H groups in total. The van der Waals surface area contributed by atoms with Crippen molar-refractivity contribution >= 4 is 27.5 Å². The fourth-order valence-corrected chi connectivity index (χ4v) is 4.91. The number of unbranched alkanes of at least 4 members (excludes halogenated alkanes) is 1. The number of rotatable bonds is 13. The molecular formula is C29H34FN3O4S. The Morgan fingerprint density at radius 1 is 0.895 bits per heavy atom. The first-order valence-corrected chi connectivity index (χ1v) is 14.4. The Morgan fingerprint density at radius 2 is 1.47 bits per heavy atom. The number of sulfonamides is 1. The summed E-state index contributed by atoms with van der Waals surface area (Å²) in [7, 11) is -3.89. The molecule has 0 bridgehead atoms. The van der Waals surface area contributed by atoms with E-state index in [1.54, 1.807) is 0 Å². The Morgan fingerprint density at radius 3 is 2.03 bits per heavy atom. The largest absolute Gasteiger partial charge is 0.354 e. The van der Waals surface area contributed by atoms with Crippen LogP contribution in [-0.2, 0) is 32.6 Å². The van der Waals surface area contributed by atoms with Gasteiger partial charge in [-0.05, 0) is 41.8 Å². The molecule has 3 aromatic rings. The highest BCUT2D eigenvalue weighted by Crippen LogP contribution is 2.20. The van der Waals surface area contributed by atoms with Gasteiger partial charge in [0.1, 0.15) is 18.4 Å². The van der Waals surface area contributed by atoms with Gasteiger partial charge in [-0.15, -0.1) is 0 Å². The molecular weight excluding hydrogens is 505 g/mol. The molecule has 0 aromatic heterocycles. The summed E-state index contributed by atoms with van der Waals surface area (Å²) in [4.78, 5) is 28.8. The van der Waals surface area contributed by atoms with Crippen LogP contribution in [0.1, 0.15) is 30.9 Å². The maximum Gasteiger partial charge on any atom is 0.244 e. The number of carbonyl (C=O) groups is 2. The number of amides is 2. The lowest BCUT2D eigenvalue weighted by atomic mass is 10.0. The third-order valence-corrected chi connectivity index (χ3v) is 7.23. The minimum atomic E-state index is -3.89. The maximum absolute atomic E-state index is 13.9. The predicted molar refractivity (Wildman–Crippen MR) is 147 cm³/mol. The molecule has 202 valence electrons. The van der Waals surface area contributed by atoms with E-state index in [1.165, 1.54) is 17.0 Å². The van der Waals surface area contributed by atoms with Crippen molar-refractivity contribution in [2.45, 2.75) is 38.8 Å². The fraction of sp³-hybridized carbons (Fsp3) is 0.310. The van der Waals surface area contributed by atoms with Crippen LogP contribution in [0.3, 0.4) is 0 Å². The number of nitrogens with zero attached hydrogens (tertiary/aromatic N) is 2. The van der Waals surface area contributed by atoms with Crippen LogP contribution in [0.25, 0.3) is 0 Å². The summed E-state index contributed by atoms with van der Waals surface area (Å²) in [5.41, 5.74) is 1.83. The maximum atomic E-state index is 13.9. The highest BCUT2D eigenvalue weighted by atomic mass is 32.2. The molecule has 0 saturated carbocycles. The highest BCUT2D eigenvalue weighted by Gasteiger charge is 2.32. The van der Waals surface area contributed by atoms with Crippen molar-refractivity contribution < 1.29 is 22.4 Å². The first kappa shape index (κ1) is 28.8. The number of anilines is 1. The number of carbonyl (C=O) groups excluding carboxylic acids is 2. The molecule has 3 rings (SSSR count). The number of benzene rings is 3. The normalized spacial score (nSPS) is 12.0. The molecule has 1 atom stereocenters. The van der Waals surface area contributed by atoms with Crippen LogP contribution in [-0.4, -0.2) is 50.5 Å². The van der Waals surface area contributed by atoms with Gasteiger partial charge in [-0.2, -0.15) is 0 Å². The zero-order valence-electron chi connectivity index (χ0n) is 21.7. The standard InChI is InChI=1S/C29H34FN3O4S/c1-3-4-19-31-29(35)27(20-23-11-7-5-8-12-23)32(21-24-13-9-6-10-14-24)28(34)22-33(38(2,36)37)26-17-15-25(30)16-18-26/h5-18,27H,3-4,19-22H2,1-2H3,(H,31,35)/t27-/m1/s1. The molecule has 0 fully saturated rings. The summed E-state index contributed by atoms with van der Waals surface area (Å²) >= 11 is 0. The number of hydrogen-bond acceptors (Lipinski definition) is 4. The van der Waals surface area contributed by atoms with E-state index in [1.807, 2.05) is 67.6 Å². The molecule has 0 aliphatic carbocycles. The second-order valence-corrected chi connectivity index (χ2v) is 11.0. The van der Waals surface area contributed by atoms with Gasteiger partial charge in [0.25, 0.3) is 0 Å². The zero-order chi connectivity index (χ0) is 27.5. The minimum absolute atomic E-state index is 0.111. The van der Waals surface area contributed by atoms with E-state index in [9.17, 15) is 22.4 Å². The van der Waals surface area contributed by atoms with Crippen molar-refractivity contribution in [3.05, 3.63) is 102 Å². The van der Waals surface area contributed by atoms with E-state index in [-0.39, 0.29) is 24.6 Å². The summed E-state index contributed by atoms with van der Waals surface area (Å²) in [6, 6.07) is 22.6. The van der Waals surface area contributed by atoms with E-state index in [0.29, 0.717) is 6.54 Å². The summed E-state index contributed by atoms with van der Waals surface area (Å²) in [6.07, 6.45) is 2.94. The topological polar surface area (TPSA) is 86.8 Å². The van der Waals surface area contributed by atoms with Crippen molar-refractivity contribution in [1.82, 2.24) is 10.2 Å². The van der Waals surface area contributed by atoms with Gasteiger partial charge in [0.05, 0.1) is 11.9 Å². The van der Waals surface area contributed by atoms with E-state index in [4.69, 9.17) is 0 Å². The number of halogens is 1. The van der Waals surface area contributed by atoms with Crippen molar-refractivity contribution in [2.75, 3.05) is 23.7 Å². The van der Waals surface area contributed by atoms with Crippen molar-refractivity contribution in [2.24, 2.45) is 0 Å². The summed E-state index contributed by atoms with van der Waals surface area (Å²) in [6.45, 7) is 2.07. The van der Waals surface area contributed by atoms with Crippen LogP contribution in [0.4, 0.5) is 10.1 Å². The third-order valence-electron chi connectivity index (χ3n) is 6.09. The van der Waals surface area contributed by atoms with Gasteiger partial charge in [0.15, 0.2) is 0 Å². The summed E-state index contributed by atoms with van der Waals surface area (Å²) < 4.78 is 39.8. The van der Waals surface area contributed by atoms with Crippen LogP contribution in [0, 0.1) is 5.82 Å². The van der Waals surface area contributed by atoms with Gasteiger partial charge in [-0.25, -0.2) is 12.8 Å². The molecule has 0 unspecified atom stereocenters. The van der Waals surface area contributed by atoms with Crippen molar-refractivity contribution in [1.29, 1.82) is 0 Å². The fourth-order valence-electron chi connectivity index (χ4n) is 4.06. The summed E-state index contributed by atoms with van der Waals surface area (Å²) in [5, 5.41) is 2.94. The molecule has 0 aliphatic rings. The molecule has 0 radical (unpaired) electrons. The average Bonchev–Trinajstić information content (AvgIpc) is 2.90. The van der Waals surface area contributed by atoms with E-state index in [2.05, 4.69) is 5.32 Å². The third kappa shape index (κ3) is 8.41. The van der Waals surface area contributed by atoms with Crippen LogP contribution in [0.15, 0.2) is 84.9 Å². The van der Waals surface area contributed by atoms with Gasteiger partial charge in [0, 0.05) is 19.5 Å². The predicted octanol–water partition coefficient (Wildman–Crippen LogP) is 4.15. The zero-order valence-corrected chi connectivity index (χ0v) is 22.5. The van der Waals surface area contributed by atoms with Crippen molar-refractivity contribution in [3.63, 3.8) is 0 Å². The first-order chi connectivity index (χ1) is 18.2. The Kier molecular flexibility index (Phi) is 10.4. The lowest BCUT2D eigenvalue weighted by molar-refractivity contribution is -0.140. The number of nitrogens with one attached hydrogen (secondary N) is 1. The Labute approximate surface area is 224 Å². The Balaban J connectivity index is 2.00. The molecule has 0 aliphatic heterocycles. The lowest BCUT2D eigenvalue weighted by Gasteiger charge is -2.33. The highest BCUT2D eigenvalue weighted by molar-refractivity contribution is 7.92. The minimum Gasteiger partial charge on any atom is -0.354 e. The SMILES string of the molecule is CCCCNC(=O)[C@@H](Cc1ccccc1)N(Cc1ccccc1)C(=O)CN(c1ccc(F)cc1)S(C)(=O)=O. The number of hydrogen-bond donors (Lipinski definition) is 1. The molecule has 38 heavy (non-hydrogen) atoms. The quantitative estimate of drug-likeness (QED) is 0.331. The lowest BCUT2D eigenvalue weighted by Crippen LogP contribution is -2.53. The summed E-state index contributed by atoms with van der Waals surface area (Å²) in [5.74, 6) is -1.37. The van der Waals surface area contributed by atoms with Gasteiger partial charge in [-0.3, -0.25) is 13.9 Å². The Hall–Kier alpha value is -3.72. The molecule has 7 nitrogen and oxygen atoms in total. The molecule has 0 heterocycles. The smallest absolute Gasteiger partial charge is 0.244 e. The molecule has 0 spiro atoms. The van der Waals surface area contributed by atoms with E-state index in [0.717, 1.165) is 46.7 Å². The van der Waals surface area contributed by atoms with Gasteiger partial charge < -0.3 is 10.2 Å². The molecule has 3 aromatic carbocycles. The van der Waals surface area contributed by atoms with Gasteiger partial charge in [0.2, 0.25) is 21.8 Å². The van der Waals surface area contributed by atoms with Crippen LogP contribution >= 0.6 is 0 Å². The van der Waals surface area contributed by atoms with Gasteiger partial charge in [-0.1, -0.05) is 74.0 Å². The van der Waals surface area contributed by atoms with Crippen molar-refractivity contribution in [3.8, 4) is 0 Å². The molecule has 2 amide bonds. The first-order valence-electron chi connectivity index (χ1n) is 12.6. The van der Waals surface area contributed by atoms with Crippen LogP contribution < -0.4 is 9.62 Å². The molecule has 0 saturated heterocycles. The van der Waals surface area contributed by atoms with E-state index < -0.39 is 34.3 Å². The monoisotopic (exact) mass is 539 g/mol. The molecule has 9 heteroatoms. The van der Waals surface area contributed by atoms with Crippen LogP contribution in [0.5, 0.6) is 0 Å². The van der Waals surface area contributed by atoms with Gasteiger partial charge >= 0.3 is 0 Å². The second kappa shape index (κ2) is 13.7.